The quantitative estimate of drug-likeness (QED) is 0.543. The van der Waals surface area contributed by atoms with Gasteiger partial charge in [0.15, 0.2) is 0 Å². The molecule has 0 aromatic heterocycles. The Morgan fingerprint density at radius 3 is 2.14 bits per heavy atom. The molecule has 0 heterocycles. The normalized spacial score (nSPS) is 12.7. The van der Waals surface area contributed by atoms with E-state index < -0.39 is 10.8 Å². The number of allylic oxidation sites excluding steroid dienone is 3. The smallest absolute Gasteiger partial charge is 0.0779 e. The Bertz CT molecular complexity index is 669. The van der Waals surface area contributed by atoms with Gasteiger partial charge in [0.2, 0.25) is 0 Å². The van der Waals surface area contributed by atoms with Crippen molar-refractivity contribution in [3.63, 3.8) is 0 Å². The Balaban J connectivity index is 2.30. The van der Waals surface area contributed by atoms with Gasteiger partial charge in [-0.25, -0.2) is 4.21 Å². The Morgan fingerprint density at radius 2 is 1.57 bits per heavy atom. The summed E-state index contributed by atoms with van der Waals surface area (Å²) in [6.45, 7) is 7.92. The van der Waals surface area contributed by atoms with E-state index in [2.05, 4.69) is 13.2 Å². The van der Waals surface area contributed by atoms with Gasteiger partial charge in [0.25, 0.3) is 0 Å². The highest BCUT2D eigenvalue weighted by atomic mass is 32.2. The molecule has 0 saturated carbocycles. The first-order valence-electron chi connectivity index (χ1n) is 6.74. The molecule has 0 spiro atoms. The zero-order chi connectivity index (χ0) is 15.1. The molecule has 1 atom stereocenters. The van der Waals surface area contributed by atoms with E-state index in [4.69, 9.17) is 0 Å². The van der Waals surface area contributed by atoms with Crippen LogP contribution in [0.5, 0.6) is 0 Å². The summed E-state index contributed by atoms with van der Waals surface area (Å²) in [5.74, 6) is 0. The monoisotopic (exact) mass is 294 g/mol. The van der Waals surface area contributed by atoms with Crippen LogP contribution in [0.25, 0.3) is 5.57 Å². The van der Waals surface area contributed by atoms with Gasteiger partial charge in [-0.3, -0.25) is 0 Å². The third-order valence-corrected chi connectivity index (χ3v) is 4.33. The maximum Gasteiger partial charge on any atom is 0.0779 e. The fourth-order valence-electron chi connectivity index (χ4n) is 1.97. The van der Waals surface area contributed by atoms with E-state index in [0.29, 0.717) is 6.42 Å². The number of hydrogen-bond acceptors (Lipinski definition) is 1. The van der Waals surface area contributed by atoms with Crippen molar-refractivity contribution in [2.75, 3.05) is 0 Å². The second-order valence-electron chi connectivity index (χ2n) is 4.59. The highest BCUT2D eigenvalue weighted by Gasteiger charge is 2.07. The molecule has 2 heteroatoms. The van der Waals surface area contributed by atoms with Crippen LogP contribution in [0.15, 0.2) is 95.8 Å². The standard InChI is InChI=1S/C19H18OS/c1-3-10-18(16(2)17-11-6-4-7-12-17)15-21(20)19-13-8-5-9-14-19/h3-9,11-15H,1-2,10H2/b18-15+. The summed E-state index contributed by atoms with van der Waals surface area (Å²) in [6.07, 6.45) is 2.45. The van der Waals surface area contributed by atoms with Crippen molar-refractivity contribution in [3.8, 4) is 0 Å². The Morgan fingerprint density at radius 1 is 1.00 bits per heavy atom. The minimum atomic E-state index is -1.18. The lowest BCUT2D eigenvalue weighted by molar-refractivity contribution is 0.688. The molecule has 0 amide bonds. The molecule has 0 fully saturated rings. The average Bonchev–Trinajstić information content (AvgIpc) is 2.55. The van der Waals surface area contributed by atoms with Crippen LogP contribution in [0.1, 0.15) is 12.0 Å². The van der Waals surface area contributed by atoms with Crippen molar-refractivity contribution >= 4 is 16.4 Å². The molecule has 2 rings (SSSR count). The second-order valence-corrected chi connectivity index (χ2v) is 5.89. The van der Waals surface area contributed by atoms with Crippen molar-refractivity contribution in [1.29, 1.82) is 0 Å². The van der Waals surface area contributed by atoms with Crippen LogP contribution in [-0.4, -0.2) is 4.21 Å². The number of benzene rings is 2. The Kier molecular flexibility index (Phi) is 5.47. The van der Waals surface area contributed by atoms with E-state index in [-0.39, 0.29) is 0 Å². The van der Waals surface area contributed by atoms with Crippen LogP contribution >= 0.6 is 0 Å². The largest absolute Gasteiger partial charge is 0.250 e. The van der Waals surface area contributed by atoms with E-state index in [1.807, 2.05) is 66.7 Å². The summed E-state index contributed by atoms with van der Waals surface area (Å²) in [4.78, 5) is 0.792. The van der Waals surface area contributed by atoms with Crippen LogP contribution in [0.4, 0.5) is 0 Å². The van der Waals surface area contributed by atoms with E-state index >= 15 is 0 Å². The Hall–Kier alpha value is -2.19. The van der Waals surface area contributed by atoms with Crippen LogP contribution in [0.3, 0.4) is 0 Å². The molecule has 0 aliphatic rings. The van der Waals surface area contributed by atoms with Gasteiger partial charge in [0, 0.05) is 10.3 Å². The molecular formula is C19H18OS. The van der Waals surface area contributed by atoms with Crippen molar-refractivity contribution in [1.82, 2.24) is 0 Å². The third kappa shape index (κ3) is 4.14. The number of hydrogen-bond donors (Lipinski definition) is 0. The van der Waals surface area contributed by atoms with Gasteiger partial charge in [-0.1, -0.05) is 61.2 Å². The summed E-state index contributed by atoms with van der Waals surface area (Å²) in [5.41, 5.74) is 2.87. The maximum atomic E-state index is 12.4. The van der Waals surface area contributed by atoms with Gasteiger partial charge in [-0.15, -0.1) is 6.58 Å². The van der Waals surface area contributed by atoms with Gasteiger partial charge < -0.3 is 0 Å². The molecular weight excluding hydrogens is 276 g/mol. The highest BCUT2D eigenvalue weighted by molar-refractivity contribution is 7.88. The fraction of sp³-hybridized carbons (Fsp3) is 0.0526. The van der Waals surface area contributed by atoms with Crippen LogP contribution in [0.2, 0.25) is 0 Å². The summed E-state index contributed by atoms with van der Waals surface area (Å²) < 4.78 is 12.4. The van der Waals surface area contributed by atoms with Crippen LogP contribution in [0, 0.1) is 0 Å². The molecule has 1 unspecified atom stereocenters. The first kappa shape index (κ1) is 15.2. The zero-order valence-electron chi connectivity index (χ0n) is 11.9. The van der Waals surface area contributed by atoms with Gasteiger partial charge in [0.05, 0.1) is 10.8 Å². The first-order chi connectivity index (χ1) is 10.2. The minimum Gasteiger partial charge on any atom is -0.250 e. The highest BCUT2D eigenvalue weighted by Crippen LogP contribution is 2.25. The molecule has 0 saturated heterocycles. The molecule has 2 aromatic carbocycles. The van der Waals surface area contributed by atoms with Crippen molar-refractivity contribution in [3.05, 3.63) is 96.4 Å². The molecule has 0 N–H and O–H groups in total. The predicted molar refractivity (Wildman–Crippen MR) is 91.2 cm³/mol. The topological polar surface area (TPSA) is 17.1 Å². The fourth-order valence-corrected chi connectivity index (χ4v) is 3.03. The van der Waals surface area contributed by atoms with Crippen molar-refractivity contribution < 1.29 is 4.21 Å². The Labute approximate surface area is 128 Å². The van der Waals surface area contributed by atoms with Crippen LogP contribution in [-0.2, 0) is 10.8 Å². The molecule has 0 aliphatic carbocycles. The molecule has 0 bridgehead atoms. The van der Waals surface area contributed by atoms with E-state index in [1.54, 1.807) is 5.41 Å². The van der Waals surface area contributed by atoms with Gasteiger partial charge in [-0.2, -0.15) is 0 Å². The van der Waals surface area contributed by atoms with Crippen molar-refractivity contribution in [2.24, 2.45) is 0 Å². The van der Waals surface area contributed by atoms with E-state index in [9.17, 15) is 4.21 Å². The second kappa shape index (κ2) is 7.55. The lowest BCUT2D eigenvalue weighted by Crippen LogP contribution is -1.93. The van der Waals surface area contributed by atoms with E-state index in [1.165, 1.54) is 0 Å². The summed E-state index contributed by atoms with van der Waals surface area (Å²) in [5, 5.41) is 1.77. The summed E-state index contributed by atoms with van der Waals surface area (Å²) in [6, 6.07) is 19.3. The number of rotatable bonds is 6. The SMILES string of the molecule is C=CC/C(=C\S(=O)c1ccccc1)C(=C)c1ccccc1. The lowest BCUT2D eigenvalue weighted by Gasteiger charge is -2.09. The zero-order valence-corrected chi connectivity index (χ0v) is 12.7. The lowest BCUT2D eigenvalue weighted by atomic mass is 9.99. The summed E-state index contributed by atoms with van der Waals surface area (Å²) in [7, 11) is -1.18. The molecule has 2 aromatic rings. The average molecular weight is 294 g/mol. The maximum absolute atomic E-state index is 12.4. The molecule has 0 radical (unpaired) electrons. The molecule has 21 heavy (non-hydrogen) atoms. The minimum absolute atomic E-state index is 0.645. The molecule has 1 nitrogen and oxygen atoms in total. The van der Waals surface area contributed by atoms with Crippen molar-refractivity contribution in [2.45, 2.75) is 11.3 Å². The van der Waals surface area contributed by atoms with Gasteiger partial charge in [-0.05, 0) is 35.3 Å². The van der Waals surface area contributed by atoms with Gasteiger partial charge >= 0.3 is 0 Å². The first-order valence-corrected chi connectivity index (χ1v) is 7.95. The molecule has 106 valence electrons. The van der Waals surface area contributed by atoms with Gasteiger partial charge in [0.1, 0.15) is 0 Å². The summed E-state index contributed by atoms with van der Waals surface area (Å²) >= 11 is 0. The predicted octanol–water partition coefficient (Wildman–Crippen LogP) is 4.97. The third-order valence-electron chi connectivity index (χ3n) is 3.10. The molecule has 0 aliphatic heterocycles. The van der Waals surface area contributed by atoms with E-state index in [0.717, 1.165) is 21.6 Å². The van der Waals surface area contributed by atoms with Crippen LogP contribution < -0.4 is 0 Å².